The predicted molar refractivity (Wildman–Crippen MR) is 65.2 cm³/mol. The van der Waals surface area contributed by atoms with Crippen molar-refractivity contribution < 1.29 is 4.39 Å². The highest BCUT2D eigenvalue weighted by Gasteiger charge is 2.09. The van der Waals surface area contributed by atoms with Gasteiger partial charge in [-0.1, -0.05) is 6.07 Å². The zero-order chi connectivity index (χ0) is 12.3. The standard InChI is InChI=1S/C12H12FN3S/c1-8-5-6-15-12(16-8)17-11-4-2-3-10(13)9(11)7-14/h2-6H,7,14H2,1H3. The lowest BCUT2D eigenvalue weighted by Crippen LogP contribution is -2.02. The maximum Gasteiger partial charge on any atom is 0.192 e. The summed E-state index contributed by atoms with van der Waals surface area (Å²) in [5, 5.41) is 0.602. The molecule has 0 saturated carbocycles. The molecule has 88 valence electrons. The lowest BCUT2D eigenvalue weighted by Gasteiger charge is -2.07. The molecule has 0 saturated heterocycles. The van der Waals surface area contributed by atoms with Crippen LogP contribution in [0.3, 0.4) is 0 Å². The number of hydrogen-bond donors (Lipinski definition) is 1. The molecule has 2 N–H and O–H groups in total. The van der Waals surface area contributed by atoms with Crippen molar-refractivity contribution in [2.24, 2.45) is 5.73 Å². The number of aryl methyl sites for hydroxylation is 1. The third-order valence-corrected chi connectivity index (χ3v) is 3.24. The molecular weight excluding hydrogens is 237 g/mol. The van der Waals surface area contributed by atoms with Gasteiger partial charge < -0.3 is 5.73 Å². The molecule has 0 bridgehead atoms. The van der Waals surface area contributed by atoms with Gasteiger partial charge in [-0.15, -0.1) is 0 Å². The summed E-state index contributed by atoms with van der Waals surface area (Å²) in [6.45, 7) is 2.06. The molecule has 0 fully saturated rings. The summed E-state index contributed by atoms with van der Waals surface area (Å²) in [6, 6.07) is 6.71. The molecule has 1 aromatic carbocycles. The van der Waals surface area contributed by atoms with Crippen LogP contribution < -0.4 is 5.73 Å². The van der Waals surface area contributed by atoms with E-state index in [0.717, 1.165) is 10.6 Å². The Balaban J connectivity index is 2.33. The normalized spacial score (nSPS) is 10.5. The zero-order valence-electron chi connectivity index (χ0n) is 9.35. The van der Waals surface area contributed by atoms with Crippen molar-refractivity contribution in [3.63, 3.8) is 0 Å². The molecule has 3 nitrogen and oxygen atoms in total. The fourth-order valence-electron chi connectivity index (χ4n) is 1.41. The van der Waals surface area contributed by atoms with Crippen LogP contribution in [0.4, 0.5) is 4.39 Å². The van der Waals surface area contributed by atoms with E-state index >= 15 is 0 Å². The van der Waals surface area contributed by atoms with Crippen LogP contribution in [-0.4, -0.2) is 9.97 Å². The van der Waals surface area contributed by atoms with Crippen LogP contribution >= 0.6 is 11.8 Å². The van der Waals surface area contributed by atoms with E-state index in [2.05, 4.69) is 9.97 Å². The van der Waals surface area contributed by atoms with Gasteiger partial charge in [0.2, 0.25) is 0 Å². The summed E-state index contributed by atoms with van der Waals surface area (Å²) in [4.78, 5) is 9.15. The van der Waals surface area contributed by atoms with Gasteiger partial charge >= 0.3 is 0 Å². The van der Waals surface area contributed by atoms with E-state index in [4.69, 9.17) is 5.73 Å². The number of rotatable bonds is 3. The molecule has 0 aliphatic carbocycles. The Hall–Kier alpha value is -1.46. The van der Waals surface area contributed by atoms with E-state index in [9.17, 15) is 4.39 Å². The fraction of sp³-hybridized carbons (Fsp3) is 0.167. The Morgan fingerprint density at radius 1 is 1.35 bits per heavy atom. The third-order valence-electron chi connectivity index (χ3n) is 2.25. The van der Waals surface area contributed by atoms with Gasteiger partial charge in [0.05, 0.1) is 0 Å². The molecule has 2 aromatic rings. The Kier molecular flexibility index (Phi) is 3.71. The number of nitrogens with two attached hydrogens (primary N) is 1. The number of aromatic nitrogens is 2. The van der Waals surface area contributed by atoms with Crippen molar-refractivity contribution >= 4 is 11.8 Å². The number of benzene rings is 1. The van der Waals surface area contributed by atoms with Crippen molar-refractivity contribution in [1.82, 2.24) is 9.97 Å². The smallest absolute Gasteiger partial charge is 0.192 e. The molecule has 0 aliphatic rings. The van der Waals surface area contributed by atoms with Crippen molar-refractivity contribution in [1.29, 1.82) is 0 Å². The van der Waals surface area contributed by atoms with Gasteiger partial charge in [-0.2, -0.15) is 0 Å². The molecule has 0 atom stereocenters. The fourth-order valence-corrected chi connectivity index (χ4v) is 2.36. The van der Waals surface area contributed by atoms with Crippen molar-refractivity contribution in [3.8, 4) is 0 Å². The van der Waals surface area contributed by atoms with Crippen molar-refractivity contribution in [2.45, 2.75) is 23.5 Å². The van der Waals surface area contributed by atoms with Crippen LogP contribution in [0.2, 0.25) is 0 Å². The molecule has 2 rings (SSSR count). The first kappa shape index (κ1) is 12.0. The van der Waals surface area contributed by atoms with Crippen LogP contribution in [0.1, 0.15) is 11.3 Å². The minimum absolute atomic E-state index is 0.167. The maximum atomic E-state index is 13.5. The minimum Gasteiger partial charge on any atom is -0.326 e. The first-order valence-corrected chi connectivity index (χ1v) is 5.97. The van der Waals surface area contributed by atoms with Crippen LogP contribution in [0, 0.1) is 12.7 Å². The minimum atomic E-state index is -0.287. The largest absolute Gasteiger partial charge is 0.326 e. The quantitative estimate of drug-likeness (QED) is 0.849. The van der Waals surface area contributed by atoms with Gasteiger partial charge in [-0.25, -0.2) is 14.4 Å². The Bertz CT molecular complexity index is 531. The molecule has 0 aliphatic heterocycles. The molecule has 0 amide bonds. The lowest BCUT2D eigenvalue weighted by molar-refractivity contribution is 0.604. The summed E-state index contributed by atoms with van der Waals surface area (Å²) in [5.41, 5.74) is 6.93. The molecule has 0 spiro atoms. The van der Waals surface area contributed by atoms with Gasteiger partial charge in [0.1, 0.15) is 5.82 Å². The molecule has 1 aromatic heterocycles. The van der Waals surface area contributed by atoms with E-state index < -0.39 is 0 Å². The highest BCUT2D eigenvalue weighted by atomic mass is 32.2. The summed E-state index contributed by atoms with van der Waals surface area (Å²) < 4.78 is 13.5. The van der Waals surface area contributed by atoms with E-state index in [0.29, 0.717) is 10.7 Å². The number of halogens is 1. The van der Waals surface area contributed by atoms with E-state index in [1.807, 2.05) is 19.1 Å². The third kappa shape index (κ3) is 2.81. The Morgan fingerprint density at radius 3 is 2.88 bits per heavy atom. The van der Waals surface area contributed by atoms with Gasteiger partial charge in [0.25, 0.3) is 0 Å². The van der Waals surface area contributed by atoms with Crippen molar-refractivity contribution in [3.05, 3.63) is 47.5 Å². The lowest BCUT2D eigenvalue weighted by atomic mass is 10.2. The second-order valence-electron chi connectivity index (χ2n) is 3.50. The topological polar surface area (TPSA) is 51.8 Å². The monoisotopic (exact) mass is 249 g/mol. The first-order chi connectivity index (χ1) is 8.20. The van der Waals surface area contributed by atoms with Crippen LogP contribution in [0.5, 0.6) is 0 Å². The predicted octanol–water partition coefficient (Wildman–Crippen LogP) is 2.53. The summed E-state index contributed by atoms with van der Waals surface area (Å²) in [5.74, 6) is -0.287. The highest BCUT2D eigenvalue weighted by molar-refractivity contribution is 7.99. The number of nitrogens with zero attached hydrogens (tertiary/aromatic N) is 2. The van der Waals surface area contributed by atoms with Gasteiger partial charge in [-0.05, 0) is 36.9 Å². The Morgan fingerprint density at radius 2 is 2.18 bits per heavy atom. The summed E-state index contributed by atoms with van der Waals surface area (Å²) in [6.07, 6.45) is 1.69. The summed E-state index contributed by atoms with van der Waals surface area (Å²) >= 11 is 1.32. The second-order valence-corrected chi connectivity index (χ2v) is 4.51. The summed E-state index contributed by atoms with van der Waals surface area (Å²) in [7, 11) is 0. The molecule has 0 unspecified atom stereocenters. The van der Waals surface area contributed by atoms with Crippen LogP contribution in [-0.2, 0) is 6.54 Å². The highest BCUT2D eigenvalue weighted by Crippen LogP contribution is 2.29. The molecule has 1 heterocycles. The molecule has 0 radical (unpaired) electrons. The average Bonchev–Trinajstić information content (AvgIpc) is 2.29. The van der Waals surface area contributed by atoms with Crippen LogP contribution in [0.25, 0.3) is 0 Å². The Labute approximate surface area is 103 Å². The molecule has 5 heteroatoms. The van der Waals surface area contributed by atoms with Gasteiger partial charge in [-0.3, -0.25) is 0 Å². The van der Waals surface area contributed by atoms with E-state index in [-0.39, 0.29) is 12.4 Å². The maximum absolute atomic E-state index is 13.5. The SMILES string of the molecule is Cc1ccnc(Sc2cccc(F)c2CN)n1. The van der Waals surface area contributed by atoms with Gasteiger partial charge in [0, 0.05) is 28.9 Å². The zero-order valence-corrected chi connectivity index (χ0v) is 10.2. The number of hydrogen-bond acceptors (Lipinski definition) is 4. The second kappa shape index (κ2) is 5.25. The molecular formula is C12H12FN3S. The first-order valence-electron chi connectivity index (χ1n) is 5.15. The van der Waals surface area contributed by atoms with Gasteiger partial charge in [0.15, 0.2) is 5.16 Å². The van der Waals surface area contributed by atoms with Crippen LogP contribution in [0.15, 0.2) is 40.5 Å². The average molecular weight is 249 g/mol. The van der Waals surface area contributed by atoms with Crippen molar-refractivity contribution in [2.75, 3.05) is 0 Å². The molecule has 17 heavy (non-hydrogen) atoms. The van der Waals surface area contributed by atoms with E-state index in [1.165, 1.54) is 17.8 Å². The van der Waals surface area contributed by atoms with E-state index in [1.54, 1.807) is 12.3 Å².